The number of fused-ring (bicyclic) bond motifs is 1. The molecule has 1 unspecified atom stereocenters. The molecule has 2 nitrogen and oxygen atoms in total. The average molecular weight is 239 g/mol. The van der Waals surface area contributed by atoms with E-state index < -0.39 is 0 Å². The molecule has 4 heteroatoms. The molecule has 0 bridgehead atoms. The van der Waals surface area contributed by atoms with Crippen molar-refractivity contribution in [2.45, 2.75) is 18.9 Å². The average Bonchev–Trinajstić information content (AvgIpc) is 2.86. The van der Waals surface area contributed by atoms with Crippen molar-refractivity contribution in [1.82, 2.24) is 10.3 Å². The molecule has 2 aromatic rings. The standard InChI is InChI=1S/C11H11ClN2S/c12-7-3-1-5-9-10(7)14-11(15-9)8-4-2-6-13-8/h1,3,5,8,13H,2,4,6H2. The number of nitrogens with zero attached hydrogens (tertiary/aromatic N) is 1. The molecular weight excluding hydrogens is 228 g/mol. The fourth-order valence-electron chi connectivity index (χ4n) is 1.98. The minimum atomic E-state index is 0.443. The number of benzene rings is 1. The minimum Gasteiger partial charge on any atom is -0.308 e. The van der Waals surface area contributed by atoms with Gasteiger partial charge in [0.15, 0.2) is 0 Å². The topological polar surface area (TPSA) is 24.9 Å². The van der Waals surface area contributed by atoms with E-state index >= 15 is 0 Å². The highest BCUT2D eigenvalue weighted by Crippen LogP contribution is 2.33. The fraction of sp³-hybridized carbons (Fsp3) is 0.364. The van der Waals surface area contributed by atoms with Crippen molar-refractivity contribution in [3.8, 4) is 0 Å². The molecule has 0 spiro atoms. The maximum Gasteiger partial charge on any atom is 0.111 e. The molecule has 1 fully saturated rings. The zero-order valence-electron chi connectivity index (χ0n) is 8.16. The van der Waals surface area contributed by atoms with Crippen LogP contribution in [0.5, 0.6) is 0 Å². The van der Waals surface area contributed by atoms with Crippen LogP contribution >= 0.6 is 22.9 Å². The number of rotatable bonds is 1. The Morgan fingerprint density at radius 3 is 3.13 bits per heavy atom. The van der Waals surface area contributed by atoms with Crippen molar-refractivity contribution in [2.24, 2.45) is 0 Å². The molecule has 2 heterocycles. The van der Waals surface area contributed by atoms with Crippen molar-refractivity contribution in [2.75, 3.05) is 6.54 Å². The summed E-state index contributed by atoms with van der Waals surface area (Å²) in [6.07, 6.45) is 2.44. The van der Waals surface area contributed by atoms with Crippen molar-refractivity contribution >= 4 is 33.2 Å². The molecule has 0 aliphatic carbocycles. The van der Waals surface area contributed by atoms with E-state index in [2.05, 4.69) is 16.4 Å². The molecule has 0 radical (unpaired) electrons. The maximum absolute atomic E-state index is 6.10. The summed E-state index contributed by atoms with van der Waals surface area (Å²) in [6, 6.07) is 6.40. The fourth-order valence-corrected chi connectivity index (χ4v) is 3.35. The summed E-state index contributed by atoms with van der Waals surface area (Å²) in [5.41, 5.74) is 0.952. The Hall–Kier alpha value is -0.640. The lowest BCUT2D eigenvalue weighted by Crippen LogP contribution is -2.12. The van der Waals surface area contributed by atoms with Gasteiger partial charge in [-0.1, -0.05) is 17.7 Å². The van der Waals surface area contributed by atoms with Gasteiger partial charge in [0.05, 0.1) is 15.8 Å². The van der Waals surface area contributed by atoms with Crippen LogP contribution in [0.1, 0.15) is 23.9 Å². The quantitative estimate of drug-likeness (QED) is 0.824. The van der Waals surface area contributed by atoms with Gasteiger partial charge in [0.25, 0.3) is 0 Å². The Kier molecular flexibility index (Phi) is 2.39. The predicted octanol–water partition coefficient (Wildman–Crippen LogP) is 3.37. The van der Waals surface area contributed by atoms with Crippen LogP contribution in [0.4, 0.5) is 0 Å². The first-order valence-corrected chi connectivity index (χ1v) is 6.32. The lowest BCUT2D eigenvalue weighted by Gasteiger charge is -2.03. The van der Waals surface area contributed by atoms with Crippen molar-refractivity contribution < 1.29 is 0 Å². The second kappa shape index (κ2) is 3.74. The molecule has 1 aliphatic heterocycles. The molecule has 78 valence electrons. The Bertz CT molecular complexity index is 488. The van der Waals surface area contributed by atoms with Crippen LogP contribution in [0.3, 0.4) is 0 Å². The number of hydrogen-bond donors (Lipinski definition) is 1. The Morgan fingerprint density at radius 1 is 1.47 bits per heavy atom. The smallest absolute Gasteiger partial charge is 0.111 e. The number of hydrogen-bond acceptors (Lipinski definition) is 3. The van der Waals surface area contributed by atoms with Gasteiger partial charge in [0.1, 0.15) is 10.5 Å². The van der Waals surface area contributed by atoms with E-state index in [4.69, 9.17) is 11.6 Å². The summed E-state index contributed by atoms with van der Waals surface area (Å²) in [5, 5.41) is 5.39. The molecule has 15 heavy (non-hydrogen) atoms. The van der Waals surface area contributed by atoms with E-state index in [1.807, 2.05) is 12.1 Å². The zero-order chi connectivity index (χ0) is 10.3. The van der Waals surface area contributed by atoms with E-state index in [1.165, 1.54) is 22.5 Å². The highest BCUT2D eigenvalue weighted by Gasteiger charge is 2.20. The highest BCUT2D eigenvalue weighted by molar-refractivity contribution is 7.18. The Labute approximate surface area is 97.3 Å². The van der Waals surface area contributed by atoms with Gasteiger partial charge < -0.3 is 5.32 Å². The van der Waals surface area contributed by atoms with Gasteiger partial charge in [0.2, 0.25) is 0 Å². The summed E-state index contributed by atoms with van der Waals surface area (Å²) >= 11 is 7.85. The minimum absolute atomic E-state index is 0.443. The van der Waals surface area contributed by atoms with Gasteiger partial charge >= 0.3 is 0 Å². The van der Waals surface area contributed by atoms with Crippen molar-refractivity contribution in [3.63, 3.8) is 0 Å². The van der Waals surface area contributed by atoms with Crippen molar-refractivity contribution in [1.29, 1.82) is 0 Å². The summed E-state index contributed by atoms with van der Waals surface area (Å²) in [4.78, 5) is 4.62. The first kappa shape index (κ1) is 9.58. The van der Waals surface area contributed by atoms with Crippen LogP contribution in [0.25, 0.3) is 10.2 Å². The Balaban J connectivity index is 2.09. The number of para-hydroxylation sites is 1. The molecule has 1 aromatic carbocycles. The van der Waals surface area contributed by atoms with Gasteiger partial charge in [-0.2, -0.15) is 0 Å². The van der Waals surface area contributed by atoms with Gasteiger partial charge in [-0.05, 0) is 31.5 Å². The van der Waals surface area contributed by atoms with Gasteiger partial charge in [-0.25, -0.2) is 4.98 Å². The van der Waals surface area contributed by atoms with E-state index in [-0.39, 0.29) is 0 Å². The largest absolute Gasteiger partial charge is 0.308 e. The van der Waals surface area contributed by atoms with Gasteiger partial charge in [0, 0.05) is 0 Å². The van der Waals surface area contributed by atoms with Crippen LogP contribution in [0.2, 0.25) is 5.02 Å². The molecule has 1 atom stereocenters. The highest BCUT2D eigenvalue weighted by atomic mass is 35.5. The third-order valence-corrected chi connectivity index (χ3v) is 4.18. The second-order valence-electron chi connectivity index (χ2n) is 3.79. The maximum atomic E-state index is 6.10. The number of halogens is 1. The van der Waals surface area contributed by atoms with Crippen molar-refractivity contribution in [3.05, 3.63) is 28.2 Å². The molecule has 0 amide bonds. The van der Waals surface area contributed by atoms with E-state index in [0.717, 1.165) is 17.1 Å². The SMILES string of the molecule is Clc1cccc2sc(C3CCCN3)nc12. The van der Waals surface area contributed by atoms with E-state index in [0.29, 0.717) is 6.04 Å². The third-order valence-electron chi connectivity index (χ3n) is 2.74. The summed E-state index contributed by atoms with van der Waals surface area (Å²) in [7, 11) is 0. The van der Waals surface area contributed by atoms with Gasteiger partial charge in [-0.3, -0.25) is 0 Å². The molecule has 3 rings (SSSR count). The van der Waals surface area contributed by atoms with Crippen LogP contribution in [-0.4, -0.2) is 11.5 Å². The number of nitrogens with one attached hydrogen (secondary N) is 1. The van der Waals surface area contributed by atoms with Gasteiger partial charge in [-0.15, -0.1) is 11.3 Å². The lowest BCUT2D eigenvalue weighted by molar-refractivity contribution is 0.644. The molecule has 1 aliphatic rings. The summed E-state index contributed by atoms with van der Waals surface area (Å²) < 4.78 is 1.19. The number of thiazole rings is 1. The predicted molar refractivity (Wildman–Crippen MR) is 64.6 cm³/mol. The first-order valence-electron chi connectivity index (χ1n) is 5.13. The summed E-state index contributed by atoms with van der Waals surface area (Å²) in [5.74, 6) is 0. The normalized spacial score (nSPS) is 21.3. The second-order valence-corrected chi connectivity index (χ2v) is 5.26. The molecule has 1 aromatic heterocycles. The van der Waals surface area contributed by atoms with Crippen LogP contribution < -0.4 is 5.32 Å². The number of aromatic nitrogens is 1. The molecule has 1 saturated heterocycles. The van der Waals surface area contributed by atoms with E-state index in [9.17, 15) is 0 Å². The zero-order valence-corrected chi connectivity index (χ0v) is 9.74. The van der Waals surface area contributed by atoms with Crippen LogP contribution in [-0.2, 0) is 0 Å². The third kappa shape index (κ3) is 1.65. The Morgan fingerprint density at radius 2 is 2.40 bits per heavy atom. The first-order chi connectivity index (χ1) is 7.34. The summed E-state index contributed by atoms with van der Waals surface area (Å²) in [6.45, 7) is 1.11. The molecule has 1 N–H and O–H groups in total. The van der Waals surface area contributed by atoms with E-state index in [1.54, 1.807) is 11.3 Å². The van der Waals surface area contributed by atoms with Crippen LogP contribution in [0.15, 0.2) is 18.2 Å². The lowest BCUT2D eigenvalue weighted by atomic mass is 10.2. The monoisotopic (exact) mass is 238 g/mol. The van der Waals surface area contributed by atoms with Crippen LogP contribution in [0, 0.1) is 0 Å². The molecule has 0 saturated carbocycles. The molecular formula is C11H11ClN2S.